The van der Waals surface area contributed by atoms with E-state index in [9.17, 15) is 9.18 Å². The molecule has 4 heteroatoms. The van der Waals surface area contributed by atoms with E-state index in [1.807, 2.05) is 13.0 Å². The van der Waals surface area contributed by atoms with Crippen LogP contribution in [0, 0.1) is 5.82 Å². The number of benzene rings is 2. The van der Waals surface area contributed by atoms with E-state index in [-0.39, 0.29) is 11.6 Å². The van der Waals surface area contributed by atoms with Gasteiger partial charge in [-0.1, -0.05) is 19.1 Å². The molecule has 0 unspecified atom stereocenters. The summed E-state index contributed by atoms with van der Waals surface area (Å²) in [6, 6.07) is 11.1. The summed E-state index contributed by atoms with van der Waals surface area (Å²) in [7, 11) is 0. The Bertz CT molecular complexity index is 626. The van der Waals surface area contributed by atoms with Crippen LogP contribution in [0.2, 0.25) is 0 Å². The Labute approximate surface area is 125 Å². The number of halogens is 2. The van der Waals surface area contributed by atoms with Crippen LogP contribution in [0.1, 0.15) is 29.3 Å². The molecule has 2 nitrogen and oxygen atoms in total. The highest BCUT2D eigenvalue weighted by molar-refractivity contribution is 9.10. The molecule has 0 amide bonds. The Kier molecular flexibility index (Phi) is 4.90. The fourth-order valence-electron chi connectivity index (χ4n) is 1.81. The number of rotatable bonds is 5. The Morgan fingerprint density at radius 1 is 1.20 bits per heavy atom. The topological polar surface area (TPSA) is 26.3 Å². The zero-order chi connectivity index (χ0) is 14.5. The third-order valence-corrected chi connectivity index (χ3v) is 3.43. The Balaban J connectivity index is 2.38. The minimum atomic E-state index is -0.385. The molecule has 20 heavy (non-hydrogen) atoms. The summed E-state index contributed by atoms with van der Waals surface area (Å²) in [5.41, 5.74) is 0.896. The van der Waals surface area contributed by atoms with Crippen molar-refractivity contribution in [3.63, 3.8) is 0 Å². The molecule has 0 radical (unpaired) electrons. The number of carbonyl (C=O) groups excluding carboxylic acids is 1. The molecule has 0 saturated carbocycles. The summed E-state index contributed by atoms with van der Waals surface area (Å²) in [6.45, 7) is 2.55. The fraction of sp³-hybridized carbons (Fsp3) is 0.188. The number of hydrogen-bond donors (Lipinski definition) is 0. The van der Waals surface area contributed by atoms with Gasteiger partial charge in [0.15, 0.2) is 5.78 Å². The Morgan fingerprint density at radius 2 is 1.95 bits per heavy atom. The van der Waals surface area contributed by atoms with E-state index in [4.69, 9.17) is 4.74 Å². The molecular formula is C16H14BrFO2. The van der Waals surface area contributed by atoms with Crippen LogP contribution in [0.4, 0.5) is 4.39 Å². The summed E-state index contributed by atoms with van der Waals surface area (Å²) < 4.78 is 19.1. The van der Waals surface area contributed by atoms with Crippen LogP contribution in [0.25, 0.3) is 0 Å². The van der Waals surface area contributed by atoms with Gasteiger partial charge in [-0.05, 0) is 52.7 Å². The summed E-state index contributed by atoms with van der Waals surface area (Å²) in [6.07, 6.45) is 0.864. The molecule has 2 aromatic rings. The largest absolute Gasteiger partial charge is 0.493 e. The van der Waals surface area contributed by atoms with Crippen molar-refractivity contribution in [1.29, 1.82) is 0 Å². The van der Waals surface area contributed by atoms with E-state index >= 15 is 0 Å². The van der Waals surface area contributed by atoms with Crippen molar-refractivity contribution in [2.45, 2.75) is 13.3 Å². The lowest BCUT2D eigenvalue weighted by Crippen LogP contribution is -2.07. The van der Waals surface area contributed by atoms with Crippen molar-refractivity contribution < 1.29 is 13.9 Å². The Morgan fingerprint density at radius 3 is 2.65 bits per heavy atom. The van der Waals surface area contributed by atoms with Gasteiger partial charge in [0, 0.05) is 10.0 Å². The molecule has 0 heterocycles. The molecule has 0 aliphatic rings. The predicted molar refractivity (Wildman–Crippen MR) is 79.8 cm³/mol. The van der Waals surface area contributed by atoms with E-state index in [0.717, 1.165) is 6.42 Å². The van der Waals surface area contributed by atoms with E-state index in [0.29, 0.717) is 28.0 Å². The van der Waals surface area contributed by atoms with Gasteiger partial charge in [-0.3, -0.25) is 4.79 Å². The average Bonchev–Trinajstić information content (AvgIpc) is 2.45. The number of hydrogen-bond acceptors (Lipinski definition) is 2. The minimum Gasteiger partial charge on any atom is -0.493 e. The number of ether oxygens (including phenoxy) is 1. The van der Waals surface area contributed by atoms with Crippen LogP contribution in [-0.4, -0.2) is 12.4 Å². The van der Waals surface area contributed by atoms with Gasteiger partial charge in [0.2, 0.25) is 0 Å². The van der Waals surface area contributed by atoms with Crippen molar-refractivity contribution in [1.82, 2.24) is 0 Å². The molecule has 0 bridgehead atoms. The smallest absolute Gasteiger partial charge is 0.197 e. The highest BCUT2D eigenvalue weighted by atomic mass is 79.9. The van der Waals surface area contributed by atoms with Crippen molar-refractivity contribution in [2.24, 2.45) is 0 Å². The lowest BCUT2D eigenvalue weighted by atomic mass is 10.0. The van der Waals surface area contributed by atoms with Crippen molar-refractivity contribution in [3.05, 3.63) is 63.9 Å². The van der Waals surface area contributed by atoms with Gasteiger partial charge in [0.05, 0.1) is 12.2 Å². The second kappa shape index (κ2) is 6.66. The van der Waals surface area contributed by atoms with Crippen LogP contribution >= 0.6 is 15.9 Å². The highest BCUT2D eigenvalue weighted by Gasteiger charge is 2.17. The maximum atomic E-state index is 13.1. The monoisotopic (exact) mass is 336 g/mol. The average molecular weight is 337 g/mol. The van der Waals surface area contributed by atoms with E-state index in [1.165, 1.54) is 18.2 Å². The number of ketones is 1. The van der Waals surface area contributed by atoms with Crippen LogP contribution in [-0.2, 0) is 0 Å². The van der Waals surface area contributed by atoms with Gasteiger partial charge in [-0.15, -0.1) is 0 Å². The quantitative estimate of drug-likeness (QED) is 0.745. The molecule has 0 atom stereocenters. The molecule has 2 aromatic carbocycles. The maximum Gasteiger partial charge on any atom is 0.197 e. The van der Waals surface area contributed by atoms with E-state index < -0.39 is 0 Å². The van der Waals surface area contributed by atoms with Gasteiger partial charge in [-0.25, -0.2) is 4.39 Å². The van der Waals surface area contributed by atoms with Gasteiger partial charge in [-0.2, -0.15) is 0 Å². The zero-order valence-electron chi connectivity index (χ0n) is 11.0. The molecule has 0 N–H and O–H groups in total. The predicted octanol–water partition coefficient (Wildman–Crippen LogP) is 4.61. The Hall–Kier alpha value is -1.68. The first-order valence-electron chi connectivity index (χ1n) is 6.35. The standard InChI is InChI=1S/C16H14BrFO2/c1-2-9-20-15-6-4-3-5-13(15)16(19)12-8-7-11(18)10-14(12)17/h3-8,10H,2,9H2,1H3. The first kappa shape index (κ1) is 14.7. The molecule has 0 fully saturated rings. The molecule has 0 aliphatic carbocycles. The van der Waals surface area contributed by atoms with Crippen LogP contribution < -0.4 is 4.74 Å². The second-order valence-corrected chi connectivity index (χ2v) is 5.15. The summed E-state index contributed by atoms with van der Waals surface area (Å²) >= 11 is 3.22. The third-order valence-electron chi connectivity index (χ3n) is 2.77. The van der Waals surface area contributed by atoms with Crippen LogP contribution in [0.15, 0.2) is 46.9 Å². The number of para-hydroxylation sites is 1. The molecule has 0 aromatic heterocycles. The van der Waals surface area contributed by atoms with Gasteiger partial charge >= 0.3 is 0 Å². The summed E-state index contributed by atoms with van der Waals surface area (Å²) in [4.78, 5) is 12.5. The summed E-state index contributed by atoms with van der Waals surface area (Å²) in [5.74, 6) is -0.0249. The normalized spacial score (nSPS) is 10.3. The molecule has 104 valence electrons. The van der Waals surface area contributed by atoms with Crippen molar-refractivity contribution in [2.75, 3.05) is 6.61 Å². The van der Waals surface area contributed by atoms with E-state index in [1.54, 1.807) is 18.2 Å². The maximum absolute atomic E-state index is 13.1. The molecular weight excluding hydrogens is 323 g/mol. The lowest BCUT2D eigenvalue weighted by molar-refractivity contribution is 0.103. The van der Waals surface area contributed by atoms with Gasteiger partial charge in [0.1, 0.15) is 11.6 Å². The first-order chi connectivity index (χ1) is 9.63. The zero-order valence-corrected chi connectivity index (χ0v) is 12.6. The molecule has 2 rings (SSSR count). The third kappa shape index (κ3) is 3.25. The minimum absolute atomic E-state index is 0.191. The molecule has 0 saturated heterocycles. The highest BCUT2D eigenvalue weighted by Crippen LogP contribution is 2.26. The summed E-state index contributed by atoms with van der Waals surface area (Å²) in [5, 5.41) is 0. The second-order valence-electron chi connectivity index (χ2n) is 4.30. The first-order valence-corrected chi connectivity index (χ1v) is 7.14. The van der Waals surface area contributed by atoms with Gasteiger partial charge < -0.3 is 4.74 Å². The van der Waals surface area contributed by atoms with Crippen molar-refractivity contribution in [3.8, 4) is 5.75 Å². The van der Waals surface area contributed by atoms with E-state index in [2.05, 4.69) is 15.9 Å². The van der Waals surface area contributed by atoms with Gasteiger partial charge in [0.25, 0.3) is 0 Å². The lowest BCUT2D eigenvalue weighted by Gasteiger charge is -2.10. The number of carbonyl (C=O) groups is 1. The van der Waals surface area contributed by atoms with Crippen LogP contribution in [0.5, 0.6) is 5.75 Å². The van der Waals surface area contributed by atoms with Crippen molar-refractivity contribution >= 4 is 21.7 Å². The SMILES string of the molecule is CCCOc1ccccc1C(=O)c1ccc(F)cc1Br. The van der Waals surface area contributed by atoms with Crippen LogP contribution in [0.3, 0.4) is 0 Å². The molecule has 0 spiro atoms. The fourth-order valence-corrected chi connectivity index (χ4v) is 2.34. The molecule has 0 aliphatic heterocycles.